The first-order valence-corrected chi connectivity index (χ1v) is 12.1. The number of rotatable bonds is 10. The van der Waals surface area contributed by atoms with Crippen LogP contribution in [0.15, 0.2) is 23.3 Å². The van der Waals surface area contributed by atoms with Crippen molar-refractivity contribution in [2.45, 2.75) is 39.8 Å². The fourth-order valence-corrected chi connectivity index (χ4v) is 4.30. The summed E-state index contributed by atoms with van der Waals surface area (Å²) in [6.07, 6.45) is 2.76. The number of nitrogens with one attached hydrogen (secondary N) is 1. The lowest BCUT2D eigenvalue weighted by molar-refractivity contribution is 0.0904. The van der Waals surface area contributed by atoms with Crippen molar-refractivity contribution in [3.63, 3.8) is 0 Å². The lowest BCUT2D eigenvalue weighted by Crippen LogP contribution is -2.54. The Morgan fingerprint density at radius 2 is 1.94 bits per heavy atom. The van der Waals surface area contributed by atoms with Crippen LogP contribution >= 0.6 is 24.0 Å². The van der Waals surface area contributed by atoms with E-state index in [1.54, 1.807) is 17.5 Å². The van der Waals surface area contributed by atoms with Crippen molar-refractivity contribution < 1.29 is 17.9 Å². The first-order chi connectivity index (χ1) is 14.4. The van der Waals surface area contributed by atoms with Gasteiger partial charge in [-0.25, -0.2) is 13.4 Å². The number of piperazine rings is 1. The molecule has 0 amide bonds. The molecule has 1 fully saturated rings. The second-order valence-electron chi connectivity index (χ2n) is 7.38. The number of halogens is 1. The van der Waals surface area contributed by atoms with Crippen molar-refractivity contribution in [3.8, 4) is 5.88 Å². The van der Waals surface area contributed by atoms with Crippen molar-refractivity contribution in [3.05, 3.63) is 23.9 Å². The van der Waals surface area contributed by atoms with Gasteiger partial charge in [0, 0.05) is 52.0 Å². The van der Waals surface area contributed by atoms with Crippen molar-refractivity contribution in [2.24, 2.45) is 4.99 Å². The summed E-state index contributed by atoms with van der Waals surface area (Å²) in [5, 5.41) is 3.33. The molecule has 0 unspecified atom stereocenters. The Bertz CT molecular complexity index is 766. The zero-order valence-corrected chi connectivity index (χ0v) is 22.1. The Hall–Kier alpha value is -1.18. The zero-order chi connectivity index (χ0) is 22.0. The Balaban J connectivity index is 0.00000480. The maximum Gasteiger partial charge on any atom is 0.216 e. The third-order valence-electron chi connectivity index (χ3n) is 4.64. The highest BCUT2D eigenvalue weighted by Gasteiger charge is 2.28. The van der Waals surface area contributed by atoms with Gasteiger partial charge in [-0.2, -0.15) is 4.31 Å². The normalized spacial score (nSPS) is 15.6. The minimum Gasteiger partial charge on any atom is -0.478 e. The smallest absolute Gasteiger partial charge is 0.216 e. The van der Waals surface area contributed by atoms with Crippen LogP contribution in [0.5, 0.6) is 5.88 Å². The number of hydrogen-bond acceptors (Lipinski definition) is 6. The first-order valence-electron chi connectivity index (χ1n) is 10.5. The molecule has 1 saturated heterocycles. The summed E-state index contributed by atoms with van der Waals surface area (Å²) in [5.41, 5.74) is 1.02. The second kappa shape index (κ2) is 14.1. The predicted molar refractivity (Wildman–Crippen MR) is 134 cm³/mol. The zero-order valence-electron chi connectivity index (χ0n) is 18.9. The number of guanidine groups is 1. The molecule has 0 saturated carbocycles. The van der Waals surface area contributed by atoms with Gasteiger partial charge < -0.3 is 19.7 Å². The number of pyridine rings is 1. The summed E-state index contributed by atoms with van der Waals surface area (Å²) < 4.78 is 37.4. The molecule has 31 heavy (non-hydrogen) atoms. The van der Waals surface area contributed by atoms with Gasteiger partial charge in [0.25, 0.3) is 0 Å². The molecule has 2 rings (SSSR count). The van der Waals surface area contributed by atoms with E-state index in [1.165, 1.54) is 0 Å². The van der Waals surface area contributed by atoms with Gasteiger partial charge in [-0.3, -0.25) is 4.99 Å². The van der Waals surface area contributed by atoms with E-state index in [0.29, 0.717) is 45.2 Å². The molecule has 9 nitrogen and oxygen atoms in total. The summed E-state index contributed by atoms with van der Waals surface area (Å²) in [5.74, 6) is 1.39. The maximum atomic E-state index is 12.5. The van der Waals surface area contributed by atoms with Crippen LogP contribution in [-0.4, -0.2) is 86.9 Å². The van der Waals surface area contributed by atoms with Crippen molar-refractivity contribution >= 4 is 40.0 Å². The Morgan fingerprint density at radius 1 is 1.23 bits per heavy atom. The molecule has 0 aliphatic carbocycles. The number of sulfonamides is 1. The van der Waals surface area contributed by atoms with E-state index in [1.807, 2.05) is 26.0 Å². The predicted octanol–water partition coefficient (Wildman–Crippen LogP) is 1.94. The van der Waals surface area contributed by atoms with Crippen molar-refractivity contribution in [2.75, 3.05) is 52.2 Å². The van der Waals surface area contributed by atoms with Gasteiger partial charge in [0.15, 0.2) is 5.96 Å². The van der Waals surface area contributed by atoms with E-state index in [2.05, 4.69) is 27.1 Å². The molecular weight excluding hydrogens is 533 g/mol. The van der Waals surface area contributed by atoms with Crippen LogP contribution in [0.25, 0.3) is 0 Å². The lowest BCUT2D eigenvalue weighted by atomic mass is 10.3. The molecule has 2 heterocycles. The molecule has 1 aliphatic heterocycles. The number of aromatic nitrogens is 1. The SMILES string of the molecule is CCCOc1ccc(CNC(=NC)N2CCN(S(=O)(=O)CCOC(C)C)CC2)cn1.I. The van der Waals surface area contributed by atoms with E-state index < -0.39 is 10.0 Å². The Labute approximate surface area is 203 Å². The summed E-state index contributed by atoms with van der Waals surface area (Å²) in [6.45, 7) is 9.37. The monoisotopic (exact) mass is 569 g/mol. The third kappa shape index (κ3) is 9.46. The largest absolute Gasteiger partial charge is 0.478 e. The topological polar surface area (TPSA) is 96.4 Å². The first kappa shape index (κ1) is 27.9. The van der Waals surface area contributed by atoms with Crippen LogP contribution in [0.4, 0.5) is 0 Å². The maximum absolute atomic E-state index is 12.5. The molecular formula is C20H36IN5O4S. The van der Waals surface area contributed by atoms with Gasteiger partial charge in [-0.1, -0.05) is 13.0 Å². The highest BCUT2D eigenvalue weighted by Crippen LogP contribution is 2.10. The van der Waals surface area contributed by atoms with E-state index in [9.17, 15) is 8.42 Å². The van der Waals surface area contributed by atoms with Gasteiger partial charge in [0.05, 0.1) is 25.1 Å². The summed E-state index contributed by atoms with van der Waals surface area (Å²) in [4.78, 5) is 10.7. The molecule has 1 aromatic rings. The van der Waals surface area contributed by atoms with Crippen LogP contribution in [0.2, 0.25) is 0 Å². The van der Waals surface area contributed by atoms with E-state index in [4.69, 9.17) is 9.47 Å². The van der Waals surface area contributed by atoms with Gasteiger partial charge >= 0.3 is 0 Å². The van der Waals surface area contributed by atoms with Gasteiger partial charge in [0.2, 0.25) is 15.9 Å². The Kier molecular flexibility index (Phi) is 12.6. The molecule has 0 spiro atoms. The van der Waals surface area contributed by atoms with Crippen LogP contribution in [0.3, 0.4) is 0 Å². The standard InChI is InChI=1S/C20H35N5O4S.HI/c1-5-12-29-19-7-6-18(15-22-19)16-23-20(21-4)24-8-10-25(11-9-24)30(26,27)14-13-28-17(2)3;/h6-7,15,17H,5,8-14,16H2,1-4H3,(H,21,23);1H. The second-order valence-corrected chi connectivity index (χ2v) is 9.46. The number of nitrogens with zero attached hydrogens (tertiary/aromatic N) is 4. The van der Waals surface area contributed by atoms with Crippen molar-refractivity contribution in [1.82, 2.24) is 19.5 Å². The summed E-state index contributed by atoms with van der Waals surface area (Å²) >= 11 is 0. The molecule has 1 aliphatic rings. The highest BCUT2D eigenvalue weighted by atomic mass is 127. The highest BCUT2D eigenvalue weighted by molar-refractivity contribution is 14.0. The minimum atomic E-state index is -3.30. The van der Waals surface area contributed by atoms with Crippen LogP contribution in [-0.2, 0) is 21.3 Å². The van der Waals surface area contributed by atoms with Gasteiger partial charge in [0.1, 0.15) is 0 Å². The van der Waals surface area contributed by atoms with Crippen molar-refractivity contribution in [1.29, 1.82) is 0 Å². The van der Waals surface area contributed by atoms with Crippen LogP contribution in [0, 0.1) is 0 Å². The lowest BCUT2D eigenvalue weighted by Gasteiger charge is -2.35. The average Bonchev–Trinajstić information content (AvgIpc) is 2.73. The number of ether oxygens (including phenoxy) is 2. The van der Waals surface area contributed by atoms with Crippen LogP contribution in [0.1, 0.15) is 32.8 Å². The summed E-state index contributed by atoms with van der Waals surface area (Å²) in [7, 11) is -1.57. The van der Waals surface area contributed by atoms with E-state index in [-0.39, 0.29) is 42.4 Å². The molecule has 1 aromatic heterocycles. The fourth-order valence-electron chi connectivity index (χ4n) is 3.02. The van der Waals surface area contributed by atoms with E-state index in [0.717, 1.165) is 17.9 Å². The summed E-state index contributed by atoms with van der Waals surface area (Å²) in [6, 6.07) is 3.84. The molecule has 0 radical (unpaired) electrons. The number of aliphatic imine (C=N–C) groups is 1. The molecule has 0 bridgehead atoms. The average molecular weight is 570 g/mol. The van der Waals surface area contributed by atoms with Gasteiger partial charge in [-0.05, 0) is 25.8 Å². The molecule has 0 aromatic carbocycles. The molecule has 0 atom stereocenters. The molecule has 11 heteroatoms. The third-order valence-corrected chi connectivity index (χ3v) is 6.47. The number of hydrogen-bond donors (Lipinski definition) is 1. The van der Waals surface area contributed by atoms with Gasteiger partial charge in [-0.15, -0.1) is 24.0 Å². The Morgan fingerprint density at radius 3 is 2.48 bits per heavy atom. The molecule has 1 N–H and O–H groups in total. The quantitative estimate of drug-likeness (QED) is 0.262. The van der Waals surface area contributed by atoms with Crippen LogP contribution < -0.4 is 10.1 Å². The minimum absolute atomic E-state index is 0. The fraction of sp³-hybridized carbons (Fsp3) is 0.700. The van der Waals surface area contributed by atoms with E-state index >= 15 is 0 Å². The molecule has 178 valence electrons.